The molecular formula is C41H64O14. The van der Waals surface area contributed by atoms with Crippen LogP contribution in [0.4, 0.5) is 0 Å². The van der Waals surface area contributed by atoms with Crippen molar-refractivity contribution in [1.82, 2.24) is 0 Å². The zero-order valence-electron chi connectivity index (χ0n) is 32.9. The summed E-state index contributed by atoms with van der Waals surface area (Å²) in [6, 6.07) is 0. The lowest BCUT2D eigenvalue weighted by molar-refractivity contribution is -0.336. The van der Waals surface area contributed by atoms with Crippen LogP contribution in [0.2, 0.25) is 0 Å². The molecule has 4 aliphatic carbocycles. The average Bonchev–Trinajstić information content (AvgIpc) is 3.62. The van der Waals surface area contributed by atoms with Crippen LogP contribution in [0.5, 0.6) is 0 Å². The molecule has 0 radical (unpaired) electrons. The Morgan fingerprint density at radius 2 is 1.29 bits per heavy atom. The summed E-state index contributed by atoms with van der Waals surface area (Å²) in [5.41, 5.74) is -0.686. The molecule has 6 N–H and O–H groups in total. The molecule has 4 heterocycles. The van der Waals surface area contributed by atoms with Crippen molar-refractivity contribution in [1.29, 1.82) is 0 Å². The Morgan fingerprint density at radius 3 is 1.87 bits per heavy atom. The number of rotatable bonds is 7. The molecule has 8 rings (SSSR count). The number of aliphatic hydroxyl groups is 6. The number of hydrogen-bond donors (Lipinski definition) is 6. The Hall–Kier alpha value is -1.27. The lowest BCUT2D eigenvalue weighted by Crippen LogP contribution is -2.62. The number of aliphatic hydroxyl groups excluding tert-OH is 5. The van der Waals surface area contributed by atoms with Gasteiger partial charge in [-0.1, -0.05) is 13.8 Å². The van der Waals surface area contributed by atoms with E-state index in [2.05, 4.69) is 13.8 Å². The molecule has 55 heavy (non-hydrogen) atoms. The topological polar surface area (TPSA) is 203 Å². The van der Waals surface area contributed by atoms with Crippen LogP contribution in [0, 0.1) is 34.5 Å². The van der Waals surface area contributed by atoms with E-state index in [1.165, 1.54) is 6.08 Å². The molecule has 14 heteroatoms. The molecule has 312 valence electrons. The van der Waals surface area contributed by atoms with E-state index >= 15 is 0 Å². The maximum atomic E-state index is 12.6. The van der Waals surface area contributed by atoms with Gasteiger partial charge in [-0.05, 0) is 94.5 Å². The van der Waals surface area contributed by atoms with Crippen molar-refractivity contribution in [3.8, 4) is 0 Å². The quantitative estimate of drug-likeness (QED) is 0.162. The molecule has 0 amide bonds. The lowest BCUT2D eigenvalue weighted by Gasteiger charge is -2.63. The lowest BCUT2D eigenvalue weighted by atomic mass is 9.43. The third-order valence-corrected chi connectivity index (χ3v) is 15.8. The van der Waals surface area contributed by atoms with Gasteiger partial charge < -0.3 is 63.8 Å². The van der Waals surface area contributed by atoms with E-state index in [1.807, 2.05) is 6.92 Å². The minimum Gasteiger partial charge on any atom is -0.458 e. The van der Waals surface area contributed by atoms with E-state index < -0.39 is 90.9 Å². The van der Waals surface area contributed by atoms with Crippen molar-refractivity contribution in [2.45, 2.75) is 197 Å². The van der Waals surface area contributed by atoms with Crippen LogP contribution in [0.25, 0.3) is 0 Å². The van der Waals surface area contributed by atoms with Gasteiger partial charge in [-0.15, -0.1) is 0 Å². The molecule has 0 unspecified atom stereocenters. The third-order valence-electron chi connectivity index (χ3n) is 15.8. The van der Waals surface area contributed by atoms with Gasteiger partial charge in [0.1, 0.15) is 24.9 Å². The summed E-state index contributed by atoms with van der Waals surface area (Å²) in [5.74, 6) is 0.174. The standard InChI is InChI=1S/C41H64O14/c1-19-36(47)27(42)14-33(50-19)54-38-21(3)52-34(16-29(38)44)55-37-20(2)51-32(15-28(37)43)53-24-8-10-39(4)23(13-24)6-7-26-25(39)9-11-40(5)35(22-12-31(46)49-18-22)30(45)17-41(26,40)48/h12,19-21,23-30,32-38,42-45,47-48H,6-11,13-18H2,1-5H3/t19-,20-,21-,23-,24+,25-,26-,27+,28+,29+,30+,32+,33+,34-,35+,36-,37+,38-,39+,40-,41+/m1/s1. The van der Waals surface area contributed by atoms with Crippen molar-refractivity contribution in [2.24, 2.45) is 34.5 Å². The minimum atomic E-state index is -1.01. The normalized spacial score (nSPS) is 55.5. The van der Waals surface area contributed by atoms with E-state index in [9.17, 15) is 35.4 Å². The first-order valence-corrected chi connectivity index (χ1v) is 20.9. The summed E-state index contributed by atoms with van der Waals surface area (Å²) in [7, 11) is 0. The van der Waals surface area contributed by atoms with Gasteiger partial charge >= 0.3 is 5.97 Å². The summed E-state index contributed by atoms with van der Waals surface area (Å²) >= 11 is 0. The Balaban J connectivity index is 0.834. The minimum absolute atomic E-state index is 0.0203. The van der Waals surface area contributed by atoms with Gasteiger partial charge in [-0.3, -0.25) is 0 Å². The Labute approximate surface area is 323 Å². The first kappa shape index (κ1) is 40.5. The highest BCUT2D eigenvalue weighted by molar-refractivity contribution is 5.85. The van der Waals surface area contributed by atoms with Crippen LogP contribution in [-0.2, 0) is 38.0 Å². The van der Waals surface area contributed by atoms with Gasteiger partial charge in [-0.25, -0.2) is 4.79 Å². The van der Waals surface area contributed by atoms with Crippen molar-refractivity contribution < 1.29 is 68.6 Å². The number of esters is 1. The zero-order valence-corrected chi connectivity index (χ0v) is 32.9. The smallest absolute Gasteiger partial charge is 0.331 e. The van der Waals surface area contributed by atoms with Crippen molar-refractivity contribution >= 4 is 5.97 Å². The number of hydrogen-bond acceptors (Lipinski definition) is 14. The van der Waals surface area contributed by atoms with E-state index in [0.29, 0.717) is 18.3 Å². The fourth-order valence-electron chi connectivity index (χ4n) is 12.9. The molecule has 0 aromatic carbocycles. The van der Waals surface area contributed by atoms with E-state index in [4.69, 9.17) is 33.2 Å². The molecule has 21 atom stereocenters. The average molecular weight is 781 g/mol. The molecule has 7 fully saturated rings. The molecule has 0 aromatic rings. The van der Waals surface area contributed by atoms with E-state index in [0.717, 1.165) is 50.5 Å². The largest absolute Gasteiger partial charge is 0.458 e. The second-order valence-electron chi connectivity index (χ2n) is 18.9. The number of carbonyl (C=O) groups is 1. The van der Waals surface area contributed by atoms with Gasteiger partial charge in [-0.2, -0.15) is 0 Å². The summed E-state index contributed by atoms with van der Waals surface area (Å²) in [5, 5.41) is 66.3. The molecule has 0 bridgehead atoms. The second-order valence-corrected chi connectivity index (χ2v) is 18.9. The summed E-state index contributed by atoms with van der Waals surface area (Å²) in [6.07, 6.45) is -1.26. The van der Waals surface area contributed by atoms with E-state index in [-0.39, 0.29) is 55.2 Å². The van der Waals surface area contributed by atoms with Gasteiger partial charge in [0.05, 0.1) is 54.4 Å². The first-order valence-electron chi connectivity index (χ1n) is 20.9. The summed E-state index contributed by atoms with van der Waals surface area (Å²) < 4.78 is 42.1. The van der Waals surface area contributed by atoms with Crippen LogP contribution in [0.15, 0.2) is 11.6 Å². The van der Waals surface area contributed by atoms with Gasteiger partial charge in [0, 0.05) is 43.1 Å². The highest BCUT2D eigenvalue weighted by atomic mass is 16.7. The molecule has 0 spiro atoms. The van der Waals surface area contributed by atoms with Crippen LogP contribution >= 0.6 is 0 Å². The first-order chi connectivity index (χ1) is 26.0. The molecular weight excluding hydrogens is 716 g/mol. The van der Waals surface area contributed by atoms with Crippen molar-refractivity contribution in [2.75, 3.05) is 6.61 Å². The molecule has 8 aliphatic rings. The Bertz CT molecular complexity index is 1410. The predicted octanol–water partition coefficient (Wildman–Crippen LogP) is 2.22. The van der Waals surface area contributed by atoms with E-state index in [1.54, 1.807) is 13.8 Å². The second kappa shape index (κ2) is 15.1. The highest BCUT2D eigenvalue weighted by Gasteiger charge is 2.70. The number of fused-ring (bicyclic) bond motifs is 5. The van der Waals surface area contributed by atoms with Crippen molar-refractivity contribution in [3.63, 3.8) is 0 Å². The highest BCUT2D eigenvalue weighted by Crippen LogP contribution is 2.70. The molecule has 0 aromatic heterocycles. The Kier molecular flexibility index (Phi) is 11.1. The fraction of sp³-hybridized carbons (Fsp3) is 0.927. The van der Waals surface area contributed by atoms with Gasteiger partial charge in [0.15, 0.2) is 18.9 Å². The molecule has 4 saturated carbocycles. The number of ether oxygens (including phenoxy) is 7. The van der Waals surface area contributed by atoms with Gasteiger partial charge in [0.2, 0.25) is 0 Å². The zero-order chi connectivity index (χ0) is 39.2. The van der Waals surface area contributed by atoms with Crippen LogP contribution in [0.1, 0.15) is 105 Å². The van der Waals surface area contributed by atoms with Crippen LogP contribution in [-0.4, -0.2) is 135 Å². The SMILES string of the molecule is C[C@H]1O[C@@H](O[C@H]2[C@@H](O)C[C@@H](O[C@@H]3[C@@H](O)C[C@H](O[C@H]4CC[C@@]5(C)[C@H](CC[C@@H]6[C@H]5CC[C@]5(C)[C@@H](C7=CC(=O)OC7)[C@@H](O)C[C@]65O)C4)O[C@@H]3C)O[C@@H]2C)C[C@H](O)[C@@H]1O. The van der Waals surface area contributed by atoms with Crippen molar-refractivity contribution in [3.05, 3.63) is 11.6 Å². The fourth-order valence-corrected chi connectivity index (χ4v) is 12.9. The maximum absolute atomic E-state index is 12.6. The number of cyclic esters (lactones) is 1. The maximum Gasteiger partial charge on any atom is 0.331 e. The monoisotopic (exact) mass is 780 g/mol. The van der Waals surface area contributed by atoms with Crippen LogP contribution < -0.4 is 0 Å². The van der Waals surface area contributed by atoms with Gasteiger partial charge in [0.25, 0.3) is 0 Å². The third kappa shape index (κ3) is 7.05. The number of carbonyl (C=O) groups excluding carboxylic acids is 1. The Morgan fingerprint density at radius 1 is 0.691 bits per heavy atom. The predicted molar refractivity (Wildman–Crippen MR) is 193 cm³/mol. The molecule has 4 aliphatic heterocycles. The molecule has 14 nitrogen and oxygen atoms in total. The molecule has 3 saturated heterocycles. The summed E-state index contributed by atoms with van der Waals surface area (Å²) in [4.78, 5) is 12.0. The van der Waals surface area contributed by atoms with Crippen LogP contribution in [0.3, 0.4) is 0 Å². The summed E-state index contributed by atoms with van der Waals surface area (Å²) in [6.45, 7) is 9.98.